The van der Waals surface area contributed by atoms with Gasteiger partial charge in [-0.15, -0.1) is 0 Å². The Morgan fingerprint density at radius 1 is 0.703 bits per heavy atom. The first-order valence-corrected chi connectivity index (χ1v) is 23.7. The Bertz CT molecular complexity index is 2830. The number of halogens is 1. The van der Waals surface area contributed by atoms with Gasteiger partial charge in [0.05, 0.1) is 23.9 Å². The second kappa shape index (κ2) is 18.2. The molecule has 2 aliphatic heterocycles. The van der Waals surface area contributed by atoms with Crippen molar-refractivity contribution in [3.05, 3.63) is 101 Å². The molecular weight excluding hydrogens is 880 g/mol. The molecule has 17 nitrogen and oxygen atoms in total. The number of aryl methyl sites for hydroxylation is 1. The molecule has 7 rings (SSSR count). The number of carbonyl (C=O) groups excluding carboxylic acids is 2. The van der Waals surface area contributed by atoms with Crippen molar-refractivity contribution in [1.29, 1.82) is 0 Å². The van der Waals surface area contributed by atoms with Crippen molar-refractivity contribution >= 4 is 66.7 Å². The Kier molecular flexibility index (Phi) is 13.5. The molecule has 0 bridgehead atoms. The highest BCUT2D eigenvalue weighted by Crippen LogP contribution is 2.40. The van der Waals surface area contributed by atoms with E-state index in [0.29, 0.717) is 48.0 Å². The molecular formula is C44H53ClN10O7S2. The highest BCUT2D eigenvalue weighted by atomic mass is 35.5. The van der Waals surface area contributed by atoms with Gasteiger partial charge in [0.1, 0.15) is 34.2 Å². The van der Waals surface area contributed by atoms with Gasteiger partial charge in [-0.05, 0) is 126 Å². The zero-order chi connectivity index (χ0) is 46.9. The number of ether oxygens (including phenoxy) is 1. The van der Waals surface area contributed by atoms with E-state index in [2.05, 4.69) is 52.3 Å². The van der Waals surface area contributed by atoms with Gasteiger partial charge >= 0.3 is 0 Å². The lowest BCUT2D eigenvalue weighted by atomic mass is 9.97. The maximum absolute atomic E-state index is 13.4. The first kappa shape index (κ1) is 47.4. The minimum absolute atomic E-state index is 0.0389. The predicted octanol–water partition coefficient (Wildman–Crippen LogP) is 6.24. The molecule has 340 valence electrons. The summed E-state index contributed by atoms with van der Waals surface area (Å²) in [5.74, 6) is 0.733. The number of nitrogens with zero attached hydrogens (tertiary/aromatic N) is 6. The van der Waals surface area contributed by atoms with Gasteiger partial charge in [0.25, 0.3) is 31.9 Å². The lowest BCUT2D eigenvalue weighted by molar-refractivity contribution is 0.0972. The van der Waals surface area contributed by atoms with Gasteiger partial charge in [-0.25, -0.2) is 29.4 Å². The fourth-order valence-electron chi connectivity index (χ4n) is 8.33. The number of pyridine rings is 4. The van der Waals surface area contributed by atoms with Crippen LogP contribution in [0.1, 0.15) is 80.7 Å². The molecule has 2 aliphatic rings. The molecule has 0 radical (unpaired) electrons. The average Bonchev–Trinajstić information content (AvgIpc) is 3.66. The van der Waals surface area contributed by atoms with Crippen molar-refractivity contribution in [2.45, 2.75) is 82.4 Å². The average molecular weight is 934 g/mol. The maximum atomic E-state index is 13.4. The normalized spacial score (nSPS) is 17.9. The summed E-state index contributed by atoms with van der Waals surface area (Å²) < 4.78 is 60.4. The minimum Gasteiger partial charge on any atom is -0.497 e. The zero-order valence-electron chi connectivity index (χ0n) is 36.9. The molecule has 2 fully saturated rings. The lowest BCUT2D eigenvalue weighted by Gasteiger charge is -2.34. The fraction of sp³-hybridized carbons (Fsp3) is 0.364. The molecule has 0 saturated carbocycles. The van der Waals surface area contributed by atoms with Crippen molar-refractivity contribution in [3.8, 4) is 17.0 Å². The van der Waals surface area contributed by atoms with Crippen LogP contribution in [0.3, 0.4) is 0 Å². The molecule has 20 heteroatoms. The Morgan fingerprint density at radius 2 is 1.17 bits per heavy atom. The van der Waals surface area contributed by atoms with E-state index in [1.807, 2.05) is 48.6 Å². The predicted molar refractivity (Wildman–Crippen MR) is 247 cm³/mol. The number of rotatable bonds is 10. The molecule has 64 heavy (non-hydrogen) atoms. The zero-order valence-corrected chi connectivity index (χ0v) is 39.3. The smallest absolute Gasteiger partial charge is 0.281 e. The topological polar surface area (TPSA) is 246 Å². The number of aromatic nitrogens is 4. The SMILES string of the molecule is CC1CN(c2nc(Cl)ccc2C(=O)NS(=O)(=O)c2cccc(N)n2)C(C)(C)C1.COc1ccc(C)c(-c2ccc(C(=O)NS(=O)(=O)c3cccc(N)n3)c(N3CC(C)CC3(C)C)n2)c1. The Hall–Kier alpha value is -6.05. The van der Waals surface area contributed by atoms with Crippen LogP contribution in [0.15, 0.2) is 88.9 Å². The van der Waals surface area contributed by atoms with Gasteiger partial charge in [-0.3, -0.25) is 9.59 Å². The number of nitrogens with two attached hydrogens (primary N) is 2. The molecule has 0 spiro atoms. The van der Waals surface area contributed by atoms with Crippen molar-refractivity contribution in [1.82, 2.24) is 29.4 Å². The van der Waals surface area contributed by atoms with Gasteiger partial charge < -0.3 is 26.0 Å². The molecule has 0 aliphatic carbocycles. The lowest BCUT2D eigenvalue weighted by Crippen LogP contribution is -2.41. The van der Waals surface area contributed by atoms with E-state index in [0.717, 1.165) is 24.0 Å². The van der Waals surface area contributed by atoms with Crippen LogP contribution in [0.4, 0.5) is 23.3 Å². The van der Waals surface area contributed by atoms with Crippen LogP contribution in [-0.2, 0) is 20.0 Å². The third kappa shape index (κ3) is 10.5. The third-order valence-corrected chi connectivity index (χ3v) is 13.8. The maximum Gasteiger partial charge on any atom is 0.281 e. The minimum atomic E-state index is -4.24. The first-order valence-electron chi connectivity index (χ1n) is 20.4. The monoisotopic (exact) mass is 932 g/mol. The molecule has 6 N–H and O–H groups in total. The van der Waals surface area contributed by atoms with Gasteiger partial charge in [-0.1, -0.05) is 43.6 Å². The quantitative estimate of drug-likeness (QED) is 0.113. The van der Waals surface area contributed by atoms with Crippen molar-refractivity contribution in [3.63, 3.8) is 0 Å². The van der Waals surface area contributed by atoms with Crippen LogP contribution in [0.5, 0.6) is 5.75 Å². The highest BCUT2D eigenvalue weighted by Gasteiger charge is 2.41. The van der Waals surface area contributed by atoms with Crippen molar-refractivity contribution in [2.75, 3.05) is 41.5 Å². The van der Waals surface area contributed by atoms with E-state index in [-0.39, 0.29) is 49.0 Å². The van der Waals surface area contributed by atoms with E-state index < -0.39 is 31.9 Å². The Labute approximate surface area is 379 Å². The summed E-state index contributed by atoms with van der Waals surface area (Å²) in [7, 11) is -6.83. The third-order valence-electron chi connectivity index (χ3n) is 11.1. The summed E-state index contributed by atoms with van der Waals surface area (Å²) in [5.41, 5.74) is 13.5. The van der Waals surface area contributed by atoms with Gasteiger partial charge in [-0.2, -0.15) is 16.8 Å². The second-order valence-electron chi connectivity index (χ2n) is 17.4. The number of nitrogens with one attached hydrogen (secondary N) is 2. The van der Waals surface area contributed by atoms with Gasteiger partial charge in [0.15, 0.2) is 10.1 Å². The number of sulfonamides is 2. The number of hydrogen-bond donors (Lipinski definition) is 4. The number of amides is 2. The Morgan fingerprint density at radius 3 is 1.61 bits per heavy atom. The number of anilines is 4. The first-order chi connectivity index (χ1) is 29.9. The number of methoxy groups -OCH3 is 1. The second-order valence-corrected chi connectivity index (χ2v) is 21.0. The van der Waals surface area contributed by atoms with Gasteiger partial charge in [0, 0.05) is 29.7 Å². The summed E-state index contributed by atoms with van der Waals surface area (Å²) in [6.45, 7) is 15.9. The summed E-state index contributed by atoms with van der Waals surface area (Å²) >= 11 is 6.06. The number of carbonyl (C=O) groups is 2. The van der Waals surface area contributed by atoms with E-state index >= 15 is 0 Å². The van der Waals surface area contributed by atoms with Gasteiger partial charge in [0.2, 0.25) is 0 Å². The molecule has 5 aromatic rings. The molecule has 4 aromatic heterocycles. The number of nitrogen functional groups attached to an aromatic ring is 2. The van der Waals surface area contributed by atoms with Crippen LogP contribution in [-0.4, -0.2) is 79.9 Å². The number of benzene rings is 1. The van der Waals surface area contributed by atoms with Crippen LogP contribution >= 0.6 is 11.6 Å². The molecule has 2 atom stereocenters. The summed E-state index contributed by atoms with van der Waals surface area (Å²) in [6.07, 6.45) is 1.82. The standard InChI is InChI=1S/C26H31N5O4S.C18H22ClN5O3S/c1-16-14-26(3,4)31(15-16)24-19(25(32)30-36(33,34)23-8-6-7-22(27)29-23)11-12-21(28-24)20-13-18(35-5)10-9-17(20)2;1-11-9-18(2,3)24(10-11)16-12(7-8-13(19)21-16)17(25)23-28(26,27)15-6-4-5-14(20)22-15/h6-13,16H,14-15H2,1-5H3,(H2,27,29)(H,30,32);4-8,11H,9-10H2,1-3H3,(H2,20,22)(H,23,25). The summed E-state index contributed by atoms with van der Waals surface area (Å²) in [4.78, 5) is 47.1. The molecule has 6 heterocycles. The van der Waals surface area contributed by atoms with Crippen LogP contribution < -0.4 is 35.4 Å². The number of hydrogen-bond acceptors (Lipinski definition) is 15. The van der Waals surface area contributed by atoms with Crippen molar-refractivity contribution in [2.24, 2.45) is 11.8 Å². The van der Waals surface area contributed by atoms with E-state index in [4.69, 9.17) is 32.8 Å². The fourth-order valence-corrected chi connectivity index (χ4v) is 10.4. The van der Waals surface area contributed by atoms with Crippen LogP contribution in [0.2, 0.25) is 5.15 Å². The summed E-state index contributed by atoms with van der Waals surface area (Å²) in [6, 6.07) is 20.4. The molecule has 2 saturated heterocycles. The highest BCUT2D eigenvalue weighted by molar-refractivity contribution is 7.90. The molecule has 2 amide bonds. The molecule has 1 aromatic carbocycles. The van der Waals surface area contributed by atoms with Crippen molar-refractivity contribution < 1.29 is 31.2 Å². The summed E-state index contributed by atoms with van der Waals surface area (Å²) in [5, 5.41) is -0.439. The van der Waals surface area contributed by atoms with E-state index in [9.17, 15) is 26.4 Å². The van der Waals surface area contributed by atoms with E-state index in [1.54, 1.807) is 19.2 Å². The largest absolute Gasteiger partial charge is 0.497 e. The van der Waals surface area contributed by atoms with Crippen LogP contribution in [0.25, 0.3) is 11.3 Å². The Balaban J connectivity index is 0.000000219. The molecule has 2 unspecified atom stereocenters. The van der Waals surface area contributed by atoms with Crippen LogP contribution in [0, 0.1) is 18.8 Å². The van der Waals surface area contributed by atoms with E-state index in [1.165, 1.54) is 48.5 Å².